The minimum Gasteiger partial charge on any atom is -0.303 e. The molecular weight excluding hydrogens is 228 g/mol. The molecule has 0 radical (unpaired) electrons. The Morgan fingerprint density at radius 1 is 1.50 bits per heavy atom. The van der Waals surface area contributed by atoms with Gasteiger partial charge in [0.1, 0.15) is 5.69 Å². The van der Waals surface area contributed by atoms with E-state index < -0.39 is 0 Å². The summed E-state index contributed by atoms with van der Waals surface area (Å²) in [5.74, 6) is 0.822. The standard InChI is InChI=1S/C13H16N4O/c1-16-7-3-5-10(16)8-12-14-13-6-2-4-11(9-18)17(13)15-12/h2,4,6,9-10H,3,5,7-8H2,1H3. The lowest BCUT2D eigenvalue weighted by molar-refractivity contribution is 0.111. The monoisotopic (exact) mass is 244 g/mol. The number of rotatable bonds is 3. The van der Waals surface area contributed by atoms with Crippen LogP contribution in [0, 0.1) is 0 Å². The molecule has 5 nitrogen and oxygen atoms in total. The first-order valence-electron chi connectivity index (χ1n) is 6.28. The molecule has 0 bridgehead atoms. The molecule has 3 rings (SSSR count). The molecule has 94 valence electrons. The number of carbonyl (C=O) groups is 1. The molecular formula is C13H16N4O. The van der Waals surface area contributed by atoms with Crippen LogP contribution in [0.2, 0.25) is 0 Å². The van der Waals surface area contributed by atoms with Gasteiger partial charge in [0.2, 0.25) is 0 Å². The van der Waals surface area contributed by atoms with E-state index in [2.05, 4.69) is 22.0 Å². The number of aldehydes is 1. The van der Waals surface area contributed by atoms with Crippen molar-refractivity contribution in [1.82, 2.24) is 19.5 Å². The van der Waals surface area contributed by atoms with Crippen molar-refractivity contribution in [1.29, 1.82) is 0 Å². The fourth-order valence-corrected chi connectivity index (χ4v) is 2.59. The van der Waals surface area contributed by atoms with Gasteiger partial charge in [-0.2, -0.15) is 5.10 Å². The largest absolute Gasteiger partial charge is 0.303 e. The average Bonchev–Trinajstić information content (AvgIpc) is 2.95. The minimum absolute atomic E-state index is 0.530. The predicted molar refractivity (Wildman–Crippen MR) is 67.7 cm³/mol. The van der Waals surface area contributed by atoms with E-state index in [9.17, 15) is 4.79 Å². The molecule has 2 aromatic heterocycles. The van der Waals surface area contributed by atoms with Gasteiger partial charge in [-0.05, 0) is 38.6 Å². The number of carbonyl (C=O) groups excluding carboxylic acids is 1. The Bertz CT molecular complexity index is 577. The average molecular weight is 244 g/mol. The Morgan fingerprint density at radius 3 is 3.11 bits per heavy atom. The first kappa shape index (κ1) is 11.3. The Balaban J connectivity index is 1.91. The van der Waals surface area contributed by atoms with Crippen LogP contribution in [0.4, 0.5) is 0 Å². The van der Waals surface area contributed by atoms with Crippen LogP contribution in [-0.2, 0) is 6.42 Å². The van der Waals surface area contributed by atoms with Gasteiger partial charge in [-0.15, -0.1) is 0 Å². The predicted octanol–water partition coefficient (Wildman–Crippen LogP) is 1.18. The molecule has 0 spiro atoms. The lowest BCUT2D eigenvalue weighted by Crippen LogP contribution is -2.27. The summed E-state index contributed by atoms with van der Waals surface area (Å²) < 4.78 is 1.62. The summed E-state index contributed by atoms with van der Waals surface area (Å²) in [5.41, 5.74) is 1.29. The highest BCUT2D eigenvalue weighted by atomic mass is 16.1. The van der Waals surface area contributed by atoms with Gasteiger partial charge in [0.15, 0.2) is 17.8 Å². The van der Waals surface area contributed by atoms with Crippen molar-refractivity contribution < 1.29 is 4.79 Å². The summed E-state index contributed by atoms with van der Waals surface area (Å²) in [6.07, 6.45) is 4.12. The van der Waals surface area contributed by atoms with E-state index in [1.54, 1.807) is 10.6 Å². The molecule has 0 aromatic carbocycles. The number of pyridine rings is 1. The highest BCUT2D eigenvalue weighted by Crippen LogP contribution is 2.18. The van der Waals surface area contributed by atoms with Gasteiger partial charge in [0.25, 0.3) is 0 Å². The normalized spacial score (nSPS) is 20.6. The van der Waals surface area contributed by atoms with Gasteiger partial charge in [-0.1, -0.05) is 6.07 Å². The van der Waals surface area contributed by atoms with Gasteiger partial charge in [0.05, 0.1) is 0 Å². The van der Waals surface area contributed by atoms with Crippen LogP contribution >= 0.6 is 0 Å². The van der Waals surface area contributed by atoms with Crippen LogP contribution in [0.15, 0.2) is 18.2 Å². The van der Waals surface area contributed by atoms with E-state index in [4.69, 9.17) is 0 Å². The number of hydrogen-bond acceptors (Lipinski definition) is 4. The number of likely N-dealkylation sites (tertiary alicyclic amines) is 1. The molecule has 1 unspecified atom stereocenters. The van der Waals surface area contributed by atoms with Crippen molar-refractivity contribution in [3.05, 3.63) is 29.7 Å². The van der Waals surface area contributed by atoms with Crippen LogP contribution in [0.1, 0.15) is 29.2 Å². The molecule has 1 aliphatic rings. The molecule has 0 amide bonds. The van der Waals surface area contributed by atoms with Crippen LogP contribution < -0.4 is 0 Å². The van der Waals surface area contributed by atoms with Crippen molar-refractivity contribution in [3.8, 4) is 0 Å². The number of aromatic nitrogens is 3. The quantitative estimate of drug-likeness (QED) is 0.761. The zero-order valence-corrected chi connectivity index (χ0v) is 10.4. The number of nitrogens with zero attached hydrogens (tertiary/aromatic N) is 4. The SMILES string of the molecule is CN1CCCC1Cc1nc2cccc(C=O)n2n1. The Hall–Kier alpha value is -1.75. The lowest BCUT2D eigenvalue weighted by atomic mass is 10.1. The molecule has 1 fully saturated rings. The van der Waals surface area contributed by atoms with Gasteiger partial charge < -0.3 is 4.90 Å². The molecule has 3 heterocycles. The molecule has 0 aliphatic carbocycles. The van der Waals surface area contributed by atoms with E-state index in [1.165, 1.54) is 12.8 Å². The molecule has 1 aliphatic heterocycles. The maximum Gasteiger partial charge on any atom is 0.168 e. The molecule has 0 saturated carbocycles. The van der Waals surface area contributed by atoms with Crippen LogP contribution in [0.5, 0.6) is 0 Å². The second-order valence-corrected chi connectivity index (χ2v) is 4.85. The Morgan fingerprint density at radius 2 is 2.39 bits per heavy atom. The molecule has 5 heteroatoms. The summed E-state index contributed by atoms with van der Waals surface area (Å²) in [4.78, 5) is 17.8. The minimum atomic E-state index is 0.530. The summed E-state index contributed by atoms with van der Waals surface area (Å²) >= 11 is 0. The number of hydrogen-bond donors (Lipinski definition) is 0. The molecule has 2 aromatic rings. The fraction of sp³-hybridized carbons (Fsp3) is 0.462. The lowest BCUT2D eigenvalue weighted by Gasteiger charge is -2.17. The first-order valence-corrected chi connectivity index (χ1v) is 6.28. The van der Waals surface area contributed by atoms with E-state index >= 15 is 0 Å². The van der Waals surface area contributed by atoms with Crippen molar-refractivity contribution in [2.75, 3.05) is 13.6 Å². The van der Waals surface area contributed by atoms with Gasteiger partial charge >= 0.3 is 0 Å². The third kappa shape index (κ3) is 1.90. The summed E-state index contributed by atoms with van der Waals surface area (Å²) in [6, 6.07) is 5.99. The zero-order valence-electron chi connectivity index (χ0n) is 10.4. The van der Waals surface area contributed by atoms with Gasteiger partial charge in [-0.25, -0.2) is 9.50 Å². The van der Waals surface area contributed by atoms with E-state index in [-0.39, 0.29) is 0 Å². The third-order valence-electron chi connectivity index (χ3n) is 3.64. The smallest absolute Gasteiger partial charge is 0.168 e. The van der Waals surface area contributed by atoms with E-state index in [0.29, 0.717) is 11.7 Å². The maximum absolute atomic E-state index is 10.9. The highest BCUT2D eigenvalue weighted by molar-refractivity contribution is 5.73. The highest BCUT2D eigenvalue weighted by Gasteiger charge is 2.22. The molecule has 18 heavy (non-hydrogen) atoms. The van der Waals surface area contributed by atoms with E-state index in [0.717, 1.165) is 30.7 Å². The second-order valence-electron chi connectivity index (χ2n) is 4.85. The maximum atomic E-state index is 10.9. The van der Waals surface area contributed by atoms with E-state index in [1.807, 2.05) is 12.1 Å². The van der Waals surface area contributed by atoms with Crippen molar-refractivity contribution in [3.63, 3.8) is 0 Å². The van der Waals surface area contributed by atoms with Gasteiger partial charge in [0, 0.05) is 12.5 Å². The van der Waals surface area contributed by atoms with Crippen LogP contribution in [0.3, 0.4) is 0 Å². The molecule has 0 N–H and O–H groups in total. The topological polar surface area (TPSA) is 50.5 Å². The van der Waals surface area contributed by atoms with Crippen molar-refractivity contribution in [2.24, 2.45) is 0 Å². The summed E-state index contributed by atoms with van der Waals surface area (Å²) in [7, 11) is 2.14. The summed E-state index contributed by atoms with van der Waals surface area (Å²) in [5, 5.41) is 4.43. The van der Waals surface area contributed by atoms with Crippen LogP contribution in [-0.4, -0.2) is 45.4 Å². The fourth-order valence-electron chi connectivity index (χ4n) is 2.59. The Labute approximate surface area is 105 Å². The first-order chi connectivity index (χ1) is 8.78. The third-order valence-corrected chi connectivity index (χ3v) is 3.64. The Kier molecular flexibility index (Phi) is 2.83. The van der Waals surface area contributed by atoms with Crippen molar-refractivity contribution >= 4 is 11.9 Å². The summed E-state index contributed by atoms with van der Waals surface area (Å²) in [6.45, 7) is 1.15. The molecule has 1 saturated heterocycles. The van der Waals surface area contributed by atoms with Gasteiger partial charge in [-0.3, -0.25) is 4.79 Å². The number of likely N-dealkylation sites (N-methyl/N-ethyl adjacent to an activating group) is 1. The second kappa shape index (κ2) is 4.49. The zero-order chi connectivity index (χ0) is 12.5. The molecule has 1 atom stereocenters. The number of fused-ring (bicyclic) bond motifs is 1. The van der Waals surface area contributed by atoms with Crippen LogP contribution in [0.25, 0.3) is 5.65 Å². The van der Waals surface area contributed by atoms with Crippen molar-refractivity contribution in [2.45, 2.75) is 25.3 Å².